The lowest BCUT2D eigenvalue weighted by atomic mass is 10.2. The van der Waals surface area contributed by atoms with Crippen LogP contribution in [-0.2, 0) is 17.5 Å². The minimum absolute atomic E-state index is 0.0265. The molecule has 1 amide bonds. The van der Waals surface area contributed by atoms with E-state index in [1.54, 1.807) is 18.3 Å². The van der Waals surface area contributed by atoms with E-state index in [9.17, 15) is 18.0 Å². The number of nitrogens with zero attached hydrogens (tertiary/aromatic N) is 1. The van der Waals surface area contributed by atoms with Gasteiger partial charge in [0, 0.05) is 18.3 Å². The Hall–Kier alpha value is -2.77. The number of halogens is 3. The maximum absolute atomic E-state index is 12.6. The topological polar surface area (TPSA) is 60.5 Å². The number of benzene rings is 1. The number of hydrogen-bond donors (Lipinski definition) is 1. The number of ether oxygens (including phenoxy) is 2. The molecular weight excluding hydrogens is 337 g/mol. The Labute approximate surface area is 142 Å². The molecular formula is C17H17F3N2O3. The van der Waals surface area contributed by atoms with Gasteiger partial charge < -0.3 is 14.8 Å². The number of hydrogen-bond acceptors (Lipinski definition) is 4. The molecule has 0 aliphatic carbocycles. The van der Waals surface area contributed by atoms with Crippen LogP contribution in [0.25, 0.3) is 0 Å². The zero-order valence-electron chi connectivity index (χ0n) is 13.5. The molecule has 0 atom stereocenters. The Kier molecular flexibility index (Phi) is 6.21. The summed E-state index contributed by atoms with van der Waals surface area (Å²) in [6.45, 7) is 2.04. The maximum atomic E-state index is 12.6. The van der Waals surface area contributed by atoms with Gasteiger partial charge >= 0.3 is 6.18 Å². The number of alkyl halides is 3. The average molecular weight is 354 g/mol. The minimum atomic E-state index is -4.46. The molecule has 2 rings (SSSR count). The van der Waals surface area contributed by atoms with Crippen molar-refractivity contribution in [2.75, 3.05) is 13.2 Å². The van der Waals surface area contributed by atoms with Crippen LogP contribution in [0.15, 0.2) is 42.6 Å². The highest BCUT2D eigenvalue weighted by Crippen LogP contribution is 2.31. The highest BCUT2D eigenvalue weighted by atomic mass is 19.4. The third-order valence-corrected chi connectivity index (χ3v) is 3.14. The SMILES string of the molecule is CCOc1ncccc1CNC(=O)COc1cccc(C(F)(F)F)c1. The highest BCUT2D eigenvalue weighted by molar-refractivity contribution is 5.77. The zero-order valence-corrected chi connectivity index (χ0v) is 13.5. The lowest BCUT2D eigenvalue weighted by Gasteiger charge is -2.11. The Morgan fingerprint density at radius 3 is 2.72 bits per heavy atom. The lowest BCUT2D eigenvalue weighted by Crippen LogP contribution is -2.28. The number of pyridine rings is 1. The van der Waals surface area contributed by atoms with Gasteiger partial charge in [-0.25, -0.2) is 4.98 Å². The van der Waals surface area contributed by atoms with Gasteiger partial charge in [0.1, 0.15) is 5.75 Å². The first-order valence-electron chi connectivity index (χ1n) is 7.53. The van der Waals surface area contributed by atoms with E-state index in [0.717, 1.165) is 12.1 Å². The molecule has 1 heterocycles. The van der Waals surface area contributed by atoms with Crippen LogP contribution in [0.5, 0.6) is 11.6 Å². The van der Waals surface area contributed by atoms with Crippen molar-refractivity contribution in [2.24, 2.45) is 0 Å². The van der Waals surface area contributed by atoms with Gasteiger partial charge in [-0.2, -0.15) is 13.2 Å². The van der Waals surface area contributed by atoms with Crippen LogP contribution in [0.2, 0.25) is 0 Å². The quantitative estimate of drug-likeness (QED) is 0.830. The predicted molar refractivity (Wildman–Crippen MR) is 84.2 cm³/mol. The predicted octanol–water partition coefficient (Wildman–Crippen LogP) is 3.19. The van der Waals surface area contributed by atoms with Gasteiger partial charge in [-0.1, -0.05) is 12.1 Å². The first-order chi connectivity index (χ1) is 11.9. The molecule has 2 aromatic rings. The summed E-state index contributed by atoms with van der Waals surface area (Å²) in [5.41, 5.74) is -0.140. The fraction of sp³-hybridized carbons (Fsp3) is 0.294. The van der Waals surface area contributed by atoms with E-state index in [4.69, 9.17) is 9.47 Å². The summed E-state index contributed by atoms with van der Waals surface area (Å²) in [5.74, 6) is -0.0748. The molecule has 0 spiro atoms. The van der Waals surface area contributed by atoms with Crippen LogP contribution in [0.1, 0.15) is 18.1 Å². The van der Waals surface area contributed by atoms with Crippen molar-refractivity contribution in [3.8, 4) is 11.6 Å². The second-order valence-corrected chi connectivity index (χ2v) is 4.99. The Morgan fingerprint density at radius 2 is 2.00 bits per heavy atom. The van der Waals surface area contributed by atoms with Gasteiger partial charge in [-0.05, 0) is 31.2 Å². The molecule has 0 radical (unpaired) electrons. The van der Waals surface area contributed by atoms with Crippen LogP contribution in [0.3, 0.4) is 0 Å². The summed E-state index contributed by atoms with van der Waals surface area (Å²) in [6.07, 6.45) is -2.88. The second kappa shape index (κ2) is 8.36. The van der Waals surface area contributed by atoms with Crippen molar-refractivity contribution in [1.82, 2.24) is 10.3 Å². The molecule has 134 valence electrons. The maximum Gasteiger partial charge on any atom is 0.416 e. The summed E-state index contributed by atoms with van der Waals surface area (Å²) < 4.78 is 48.3. The zero-order chi connectivity index (χ0) is 18.3. The number of nitrogens with one attached hydrogen (secondary N) is 1. The molecule has 25 heavy (non-hydrogen) atoms. The fourth-order valence-electron chi connectivity index (χ4n) is 1.98. The van der Waals surface area contributed by atoms with Crippen LogP contribution in [0.4, 0.5) is 13.2 Å². The van der Waals surface area contributed by atoms with Crippen LogP contribution in [0, 0.1) is 0 Å². The van der Waals surface area contributed by atoms with Crippen molar-refractivity contribution in [2.45, 2.75) is 19.6 Å². The van der Waals surface area contributed by atoms with E-state index in [1.807, 2.05) is 6.92 Å². The largest absolute Gasteiger partial charge is 0.484 e. The molecule has 0 fully saturated rings. The number of carbonyl (C=O) groups excluding carboxylic acids is 1. The minimum Gasteiger partial charge on any atom is -0.484 e. The second-order valence-electron chi connectivity index (χ2n) is 4.99. The lowest BCUT2D eigenvalue weighted by molar-refractivity contribution is -0.137. The molecule has 0 saturated carbocycles. The molecule has 0 aliphatic heterocycles. The van der Waals surface area contributed by atoms with Gasteiger partial charge in [0.2, 0.25) is 5.88 Å². The van der Waals surface area contributed by atoms with E-state index in [2.05, 4.69) is 10.3 Å². The smallest absolute Gasteiger partial charge is 0.416 e. The van der Waals surface area contributed by atoms with Gasteiger partial charge in [-0.15, -0.1) is 0 Å². The number of carbonyl (C=O) groups is 1. The highest BCUT2D eigenvalue weighted by Gasteiger charge is 2.30. The van der Waals surface area contributed by atoms with Gasteiger partial charge in [-0.3, -0.25) is 4.79 Å². The third kappa shape index (κ3) is 5.66. The van der Waals surface area contributed by atoms with Crippen LogP contribution < -0.4 is 14.8 Å². The van der Waals surface area contributed by atoms with Crippen molar-refractivity contribution in [3.63, 3.8) is 0 Å². The molecule has 5 nitrogen and oxygen atoms in total. The van der Waals surface area contributed by atoms with E-state index < -0.39 is 24.3 Å². The Bertz CT molecular complexity index is 720. The molecule has 0 saturated heterocycles. The van der Waals surface area contributed by atoms with Gasteiger partial charge in [0.15, 0.2) is 6.61 Å². The standard InChI is InChI=1S/C17H17F3N2O3/c1-2-24-16-12(5-4-8-21-16)10-22-15(23)11-25-14-7-3-6-13(9-14)17(18,19)20/h3-9H,2,10-11H2,1H3,(H,22,23). The van der Waals surface area contributed by atoms with Crippen LogP contribution in [-0.4, -0.2) is 24.1 Å². The fourth-order valence-corrected chi connectivity index (χ4v) is 1.98. The molecule has 1 aromatic carbocycles. The van der Waals surface area contributed by atoms with E-state index >= 15 is 0 Å². The van der Waals surface area contributed by atoms with Crippen molar-refractivity contribution in [1.29, 1.82) is 0 Å². The van der Waals surface area contributed by atoms with Crippen molar-refractivity contribution in [3.05, 3.63) is 53.7 Å². The van der Waals surface area contributed by atoms with E-state index in [-0.39, 0.29) is 12.3 Å². The summed E-state index contributed by atoms with van der Waals surface area (Å²) in [7, 11) is 0. The normalized spacial score (nSPS) is 11.0. The van der Waals surface area contributed by atoms with E-state index in [0.29, 0.717) is 18.1 Å². The number of amides is 1. The summed E-state index contributed by atoms with van der Waals surface area (Å²) in [4.78, 5) is 15.9. The summed E-state index contributed by atoms with van der Waals surface area (Å²) in [6, 6.07) is 7.83. The number of rotatable bonds is 7. The first kappa shape index (κ1) is 18.6. The van der Waals surface area contributed by atoms with E-state index in [1.165, 1.54) is 12.1 Å². The molecule has 1 N–H and O–H groups in total. The Morgan fingerprint density at radius 1 is 1.20 bits per heavy atom. The Balaban J connectivity index is 1.87. The first-order valence-corrected chi connectivity index (χ1v) is 7.53. The summed E-state index contributed by atoms with van der Waals surface area (Å²) >= 11 is 0. The van der Waals surface area contributed by atoms with Gasteiger partial charge in [0.05, 0.1) is 12.2 Å². The van der Waals surface area contributed by atoms with Crippen molar-refractivity contribution >= 4 is 5.91 Å². The monoisotopic (exact) mass is 354 g/mol. The molecule has 0 bridgehead atoms. The third-order valence-electron chi connectivity index (χ3n) is 3.14. The average Bonchev–Trinajstić information content (AvgIpc) is 2.59. The van der Waals surface area contributed by atoms with Crippen LogP contribution >= 0.6 is 0 Å². The molecule has 8 heteroatoms. The molecule has 0 unspecified atom stereocenters. The molecule has 1 aromatic heterocycles. The molecule has 0 aliphatic rings. The summed E-state index contributed by atoms with van der Waals surface area (Å²) in [5, 5.41) is 2.61. The van der Waals surface area contributed by atoms with Gasteiger partial charge in [0.25, 0.3) is 5.91 Å². The number of aromatic nitrogens is 1. The van der Waals surface area contributed by atoms with Crippen molar-refractivity contribution < 1.29 is 27.4 Å².